The molecule has 118 valence electrons. The van der Waals surface area contributed by atoms with Gasteiger partial charge in [0.25, 0.3) is 11.6 Å². The third kappa shape index (κ3) is 4.37. The normalized spacial score (nSPS) is 10.7. The van der Waals surface area contributed by atoms with Crippen LogP contribution in [-0.2, 0) is 0 Å². The van der Waals surface area contributed by atoms with Gasteiger partial charge in [-0.3, -0.25) is 14.9 Å². The van der Waals surface area contributed by atoms with Crippen molar-refractivity contribution < 1.29 is 9.72 Å². The topological polar surface area (TPSA) is 84.6 Å². The van der Waals surface area contributed by atoms with Crippen molar-refractivity contribution in [2.24, 2.45) is 5.10 Å². The van der Waals surface area contributed by atoms with Crippen LogP contribution < -0.4 is 5.43 Å². The van der Waals surface area contributed by atoms with Crippen molar-refractivity contribution in [1.82, 2.24) is 5.43 Å². The molecular weight excluding hydrogens is 318 g/mol. The number of rotatable bonds is 4. The maximum atomic E-state index is 12.0. The van der Waals surface area contributed by atoms with Crippen molar-refractivity contribution in [1.29, 1.82) is 0 Å². The first kappa shape index (κ1) is 16.6. The summed E-state index contributed by atoms with van der Waals surface area (Å²) >= 11 is 5.89. The van der Waals surface area contributed by atoms with Gasteiger partial charge in [-0.15, -0.1) is 0 Å². The molecule has 0 saturated heterocycles. The molecule has 0 fully saturated rings. The van der Waals surface area contributed by atoms with Crippen LogP contribution in [-0.4, -0.2) is 17.0 Å². The smallest absolute Gasteiger partial charge is 0.267 e. The van der Waals surface area contributed by atoms with Gasteiger partial charge in [-0.1, -0.05) is 40.9 Å². The number of nitrogens with zero attached hydrogens (tertiary/aromatic N) is 2. The van der Waals surface area contributed by atoms with Gasteiger partial charge in [-0.05, 0) is 25.5 Å². The van der Waals surface area contributed by atoms with Crippen LogP contribution >= 0.6 is 11.6 Å². The van der Waals surface area contributed by atoms with Crippen LogP contribution in [0.25, 0.3) is 0 Å². The fourth-order valence-electron chi connectivity index (χ4n) is 2.11. The fraction of sp³-hybridized carbons (Fsp3) is 0.125. The maximum Gasteiger partial charge on any atom is 0.272 e. The molecule has 0 radical (unpaired) electrons. The molecule has 0 saturated carbocycles. The lowest BCUT2D eigenvalue weighted by Crippen LogP contribution is -2.18. The van der Waals surface area contributed by atoms with E-state index in [-0.39, 0.29) is 16.3 Å². The summed E-state index contributed by atoms with van der Waals surface area (Å²) in [4.78, 5) is 22.1. The molecule has 2 aromatic rings. The molecule has 7 heteroatoms. The van der Waals surface area contributed by atoms with Gasteiger partial charge in [-0.25, -0.2) is 5.43 Å². The highest BCUT2D eigenvalue weighted by Gasteiger charge is 2.14. The van der Waals surface area contributed by atoms with Crippen LogP contribution in [0, 0.1) is 24.0 Å². The van der Waals surface area contributed by atoms with Gasteiger partial charge >= 0.3 is 0 Å². The molecule has 0 aromatic heterocycles. The van der Waals surface area contributed by atoms with Crippen molar-refractivity contribution in [3.05, 3.63) is 73.8 Å². The van der Waals surface area contributed by atoms with E-state index in [9.17, 15) is 14.9 Å². The number of hydrazone groups is 1. The lowest BCUT2D eigenvalue weighted by atomic mass is 10.1. The number of amides is 1. The Bertz CT molecular complexity index is 783. The molecular formula is C16H14ClN3O3. The lowest BCUT2D eigenvalue weighted by molar-refractivity contribution is -0.384. The number of benzene rings is 2. The van der Waals surface area contributed by atoms with Crippen LogP contribution in [0.5, 0.6) is 0 Å². The Labute approximate surface area is 137 Å². The summed E-state index contributed by atoms with van der Waals surface area (Å²) in [5.74, 6) is -0.537. The Kier molecular flexibility index (Phi) is 5.08. The van der Waals surface area contributed by atoms with Crippen molar-refractivity contribution in [2.75, 3.05) is 0 Å². The highest BCUT2D eigenvalue weighted by molar-refractivity contribution is 6.34. The number of non-ortho nitro benzene ring substituents is 1. The van der Waals surface area contributed by atoms with E-state index in [4.69, 9.17) is 11.6 Å². The number of hydrogen-bond donors (Lipinski definition) is 1. The van der Waals surface area contributed by atoms with Crippen LogP contribution in [0.3, 0.4) is 0 Å². The molecule has 1 amide bonds. The zero-order valence-electron chi connectivity index (χ0n) is 12.5. The Morgan fingerprint density at radius 1 is 1.22 bits per heavy atom. The van der Waals surface area contributed by atoms with Gasteiger partial charge in [0.15, 0.2) is 0 Å². The molecule has 0 unspecified atom stereocenters. The number of nitrogens with one attached hydrogen (secondary N) is 1. The summed E-state index contributed by atoms with van der Waals surface area (Å²) in [5, 5.41) is 14.5. The highest BCUT2D eigenvalue weighted by atomic mass is 35.5. The molecule has 2 rings (SSSR count). The van der Waals surface area contributed by atoms with E-state index in [0.717, 1.165) is 22.8 Å². The Hall–Kier alpha value is -2.73. The van der Waals surface area contributed by atoms with E-state index in [1.807, 2.05) is 32.0 Å². The third-order valence-electron chi connectivity index (χ3n) is 3.03. The summed E-state index contributed by atoms with van der Waals surface area (Å²) in [6.45, 7) is 3.94. The van der Waals surface area contributed by atoms with Gasteiger partial charge in [0.05, 0.1) is 21.7 Å². The minimum Gasteiger partial charge on any atom is -0.267 e. The largest absolute Gasteiger partial charge is 0.272 e. The predicted molar refractivity (Wildman–Crippen MR) is 89.1 cm³/mol. The van der Waals surface area contributed by atoms with Gasteiger partial charge in [0, 0.05) is 12.1 Å². The van der Waals surface area contributed by atoms with Crippen LogP contribution in [0.2, 0.25) is 5.02 Å². The Morgan fingerprint density at radius 2 is 1.87 bits per heavy atom. The highest BCUT2D eigenvalue weighted by Crippen LogP contribution is 2.22. The molecule has 23 heavy (non-hydrogen) atoms. The van der Waals surface area contributed by atoms with Gasteiger partial charge in [-0.2, -0.15) is 5.10 Å². The third-order valence-corrected chi connectivity index (χ3v) is 3.34. The second-order valence-corrected chi connectivity index (χ2v) is 5.45. The monoisotopic (exact) mass is 331 g/mol. The molecule has 1 N–H and O–H groups in total. The predicted octanol–water partition coefficient (Wildman–Crippen LogP) is 3.63. The second kappa shape index (κ2) is 7.02. The van der Waals surface area contributed by atoms with E-state index in [0.29, 0.717) is 0 Å². The lowest BCUT2D eigenvalue weighted by Gasteiger charge is -2.03. The minimum atomic E-state index is -0.578. The summed E-state index contributed by atoms with van der Waals surface area (Å²) in [6, 6.07) is 9.54. The minimum absolute atomic E-state index is 0.00157. The number of carbonyl (C=O) groups is 1. The molecule has 6 nitrogen and oxygen atoms in total. The maximum absolute atomic E-state index is 12.0. The molecule has 0 heterocycles. The van der Waals surface area contributed by atoms with Crippen molar-refractivity contribution in [3.8, 4) is 0 Å². The van der Waals surface area contributed by atoms with E-state index >= 15 is 0 Å². The van der Waals surface area contributed by atoms with E-state index < -0.39 is 10.8 Å². The molecule has 0 atom stereocenters. The van der Waals surface area contributed by atoms with Gasteiger partial charge < -0.3 is 0 Å². The Balaban J connectivity index is 2.10. The molecule has 0 bridgehead atoms. The molecule has 0 aliphatic carbocycles. The number of aryl methyl sites for hydroxylation is 2. The standard InChI is InChI=1S/C16H14ClN3O3/c1-10-5-11(2)7-12(6-10)9-18-19-16(21)14-4-3-13(20(22)23)8-15(14)17/h3-9H,1-2H3,(H,19,21)/b18-9+. The molecule has 0 aliphatic rings. The van der Waals surface area contributed by atoms with Gasteiger partial charge in [0.2, 0.25) is 0 Å². The average Bonchev–Trinajstić information content (AvgIpc) is 2.45. The number of halogens is 1. The summed E-state index contributed by atoms with van der Waals surface area (Å²) in [6.07, 6.45) is 1.52. The number of carbonyl (C=O) groups excluding carboxylic acids is 1. The first-order valence-corrected chi connectivity index (χ1v) is 7.10. The first-order chi connectivity index (χ1) is 10.9. The van der Waals surface area contributed by atoms with E-state index in [2.05, 4.69) is 10.5 Å². The molecule has 0 aliphatic heterocycles. The Morgan fingerprint density at radius 3 is 2.43 bits per heavy atom. The SMILES string of the molecule is Cc1cc(C)cc(/C=N/NC(=O)c2ccc([N+](=O)[O-])cc2Cl)c1. The van der Waals surface area contributed by atoms with Crippen LogP contribution in [0.15, 0.2) is 41.5 Å². The van der Waals surface area contributed by atoms with Crippen molar-refractivity contribution in [3.63, 3.8) is 0 Å². The van der Waals surface area contributed by atoms with E-state index in [1.165, 1.54) is 18.3 Å². The molecule has 0 spiro atoms. The fourth-order valence-corrected chi connectivity index (χ4v) is 2.37. The summed E-state index contributed by atoms with van der Waals surface area (Å²) in [5.41, 5.74) is 5.34. The first-order valence-electron chi connectivity index (χ1n) is 6.72. The number of hydrogen-bond acceptors (Lipinski definition) is 4. The van der Waals surface area contributed by atoms with Crippen molar-refractivity contribution >= 4 is 29.4 Å². The van der Waals surface area contributed by atoms with Crippen LogP contribution in [0.1, 0.15) is 27.0 Å². The average molecular weight is 332 g/mol. The summed E-state index contributed by atoms with van der Waals surface area (Å²) in [7, 11) is 0. The van der Waals surface area contributed by atoms with Crippen molar-refractivity contribution in [2.45, 2.75) is 13.8 Å². The number of nitro benzene ring substituents is 1. The zero-order chi connectivity index (χ0) is 17.0. The zero-order valence-corrected chi connectivity index (χ0v) is 13.3. The van der Waals surface area contributed by atoms with Crippen LogP contribution in [0.4, 0.5) is 5.69 Å². The molecule has 2 aromatic carbocycles. The van der Waals surface area contributed by atoms with Gasteiger partial charge in [0.1, 0.15) is 0 Å². The summed E-state index contributed by atoms with van der Waals surface area (Å²) < 4.78 is 0. The number of nitro groups is 1. The van der Waals surface area contributed by atoms with E-state index in [1.54, 1.807) is 0 Å². The quantitative estimate of drug-likeness (QED) is 0.527. The second-order valence-electron chi connectivity index (χ2n) is 5.04.